The molecule has 0 bridgehead atoms. The van der Waals surface area contributed by atoms with Crippen LogP contribution in [0.25, 0.3) is 6.08 Å². The smallest absolute Gasteiger partial charge is 0.248 e. The quantitative estimate of drug-likeness (QED) is 0.727. The van der Waals surface area contributed by atoms with Crippen LogP contribution < -0.4 is 10.0 Å². The molecule has 0 unspecified atom stereocenters. The Hall–Kier alpha value is -2.44. The zero-order valence-corrected chi connectivity index (χ0v) is 16.0. The van der Waals surface area contributed by atoms with E-state index in [1.165, 1.54) is 23.8 Å². The summed E-state index contributed by atoms with van der Waals surface area (Å²) in [6.45, 7) is 6.29. The van der Waals surface area contributed by atoms with Crippen molar-refractivity contribution >= 4 is 27.7 Å². The highest BCUT2D eigenvalue weighted by Crippen LogP contribution is 2.17. The zero-order chi connectivity index (χ0) is 19.2. The van der Waals surface area contributed by atoms with Crippen molar-refractivity contribution in [1.29, 1.82) is 0 Å². The van der Waals surface area contributed by atoms with Crippen molar-refractivity contribution in [2.45, 2.75) is 31.6 Å². The van der Waals surface area contributed by atoms with Crippen molar-refractivity contribution in [3.05, 3.63) is 65.7 Å². The van der Waals surface area contributed by atoms with E-state index in [-0.39, 0.29) is 10.8 Å². The topological polar surface area (TPSA) is 75.3 Å². The molecule has 0 aliphatic rings. The summed E-state index contributed by atoms with van der Waals surface area (Å²) in [6.07, 6.45) is 3.06. The minimum absolute atomic E-state index is 0.200. The van der Waals surface area contributed by atoms with Crippen molar-refractivity contribution < 1.29 is 13.2 Å². The van der Waals surface area contributed by atoms with Gasteiger partial charge < -0.3 is 5.32 Å². The third-order valence-electron chi connectivity index (χ3n) is 3.80. The van der Waals surface area contributed by atoms with Gasteiger partial charge in [0.1, 0.15) is 0 Å². The first-order valence-electron chi connectivity index (χ1n) is 8.50. The van der Waals surface area contributed by atoms with Crippen LogP contribution in [0, 0.1) is 0 Å². The lowest BCUT2D eigenvalue weighted by atomic mass is 10.0. The highest BCUT2D eigenvalue weighted by atomic mass is 32.2. The standard InChI is InChI=1S/C20H24N2O3S/c1-4-21-26(24,25)19-12-5-16(6-13-19)7-14-20(23)22-18-10-8-17(9-11-18)15(2)3/h5-15,21H,4H2,1-3H3,(H,22,23)/b14-7+. The van der Waals surface area contributed by atoms with E-state index in [4.69, 9.17) is 0 Å². The lowest BCUT2D eigenvalue weighted by molar-refractivity contribution is -0.111. The largest absolute Gasteiger partial charge is 0.323 e. The first-order valence-corrected chi connectivity index (χ1v) is 9.99. The fourth-order valence-electron chi connectivity index (χ4n) is 2.34. The Balaban J connectivity index is 1.99. The van der Waals surface area contributed by atoms with Gasteiger partial charge in [-0.25, -0.2) is 13.1 Å². The third kappa shape index (κ3) is 5.54. The van der Waals surface area contributed by atoms with Gasteiger partial charge in [-0.15, -0.1) is 0 Å². The van der Waals surface area contributed by atoms with Crippen LogP contribution >= 0.6 is 0 Å². The fraction of sp³-hybridized carbons (Fsp3) is 0.250. The molecule has 6 heteroatoms. The molecule has 0 atom stereocenters. The second kappa shape index (κ2) is 8.78. The minimum Gasteiger partial charge on any atom is -0.323 e. The summed E-state index contributed by atoms with van der Waals surface area (Å²) in [7, 11) is -3.46. The summed E-state index contributed by atoms with van der Waals surface area (Å²) >= 11 is 0. The predicted molar refractivity (Wildman–Crippen MR) is 105 cm³/mol. The van der Waals surface area contributed by atoms with E-state index in [0.29, 0.717) is 12.5 Å². The molecular formula is C20H24N2O3S. The van der Waals surface area contributed by atoms with Crippen LogP contribution in [-0.4, -0.2) is 20.9 Å². The fourth-order valence-corrected chi connectivity index (χ4v) is 3.38. The van der Waals surface area contributed by atoms with Gasteiger partial charge in [-0.3, -0.25) is 4.79 Å². The van der Waals surface area contributed by atoms with Crippen molar-refractivity contribution in [1.82, 2.24) is 4.72 Å². The van der Waals surface area contributed by atoms with E-state index < -0.39 is 10.0 Å². The molecule has 0 fully saturated rings. The van der Waals surface area contributed by atoms with Crippen LogP contribution in [0.5, 0.6) is 0 Å². The molecular weight excluding hydrogens is 348 g/mol. The number of amides is 1. The van der Waals surface area contributed by atoms with E-state index in [1.54, 1.807) is 25.1 Å². The van der Waals surface area contributed by atoms with Crippen LogP contribution in [0.2, 0.25) is 0 Å². The van der Waals surface area contributed by atoms with Gasteiger partial charge in [0.05, 0.1) is 4.90 Å². The average molecular weight is 372 g/mol. The Kier molecular flexibility index (Phi) is 6.71. The predicted octanol–water partition coefficient (Wildman–Crippen LogP) is 3.76. The Labute approximate surface area is 155 Å². The van der Waals surface area contributed by atoms with Gasteiger partial charge in [-0.2, -0.15) is 0 Å². The molecule has 2 rings (SSSR count). The van der Waals surface area contributed by atoms with Gasteiger partial charge in [-0.1, -0.05) is 45.0 Å². The van der Waals surface area contributed by atoms with Crippen LogP contribution in [0.4, 0.5) is 5.69 Å². The molecule has 2 aromatic rings. The zero-order valence-electron chi connectivity index (χ0n) is 15.2. The van der Waals surface area contributed by atoms with Gasteiger partial charge in [0.2, 0.25) is 15.9 Å². The summed E-state index contributed by atoms with van der Waals surface area (Å²) < 4.78 is 26.2. The lowest BCUT2D eigenvalue weighted by Gasteiger charge is -2.07. The molecule has 0 saturated carbocycles. The number of anilines is 1. The highest BCUT2D eigenvalue weighted by Gasteiger charge is 2.11. The molecule has 0 aromatic heterocycles. The van der Waals surface area contributed by atoms with E-state index in [9.17, 15) is 13.2 Å². The van der Waals surface area contributed by atoms with Gasteiger partial charge in [0.15, 0.2) is 0 Å². The Morgan fingerprint density at radius 2 is 1.65 bits per heavy atom. The van der Waals surface area contributed by atoms with Crippen molar-refractivity contribution in [3.63, 3.8) is 0 Å². The van der Waals surface area contributed by atoms with Crippen molar-refractivity contribution in [2.75, 3.05) is 11.9 Å². The average Bonchev–Trinajstić information content (AvgIpc) is 2.61. The number of nitrogens with one attached hydrogen (secondary N) is 2. The molecule has 26 heavy (non-hydrogen) atoms. The molecule has 0 heterocycles. The molecule has 2 aromatic carbocycles. The van der Waals surface area contributed by atoms with Gasteiger partial charge >= 0.3 is 0 Å². The van der Waals surface area contributed by atoms with Crippen LogP contribution in [0.1, 0.15) is 37.8 Å². The second-order valence-electron chi connectivity index (χ2n) is 6.17. The van der Waals surface area contributed by atoms with Gasteiger partial charge in [0.25, 0.3) is 0 Å². The lowest BCUT2D eigenvalue weighted by Crippen LogP contribution is -2.22. The molecule has 0 aliphatic carbocycles. The van der Waals surface area contributed by atoms with Crippen molar-refractivity contribution in [3.8, 4) is 0 Å². The van der Waals surface area contributed by atoms with E-state index in [2.05, 4.69) is 23.9 Å². The molecule has 0 radical (unpaired) electrons. The highest BCUT2D eigenvalue weighted by molar-refractivity contribution is 7.89. The number of carbonyl (C=O) groups excluding carboxylic acids is 1. The van der Waals surface area contributed by atoms with E-state index in [0.717, 1.165) is 11.3 Å². The Bertz CT molecular complexity index is 868. The molecule has 1 amide bonds. The number of rotatable bonds is 7. The number of sulfonamides is 1. The van der Waals surface area contributed by atoms with Gasteiger partial charge in [-0.05, 0) is 47.4 Å². The number of hydrogen-bond donors (Lipinski definition) is 2. The summed E-state index contributed by atoms with van der Waals surface area (Å²) in [5, 5.41) is 2.80. The summed E-state index contributed by atoms with van der Waals surface area (Å²) in [4.78, 5) is 12.2. The normalized spacial score (nSPS) is 11.8. The molecule has 5 nitrogen and oxygen atoms in total. The molecule has 138 valence electrons. The molecule has 0 saturated heterocycles. The maximum Gasteiger partial charge on any atom is 0.248 e. The SMILES string of the molecule is CCNS(=O)(=O)c1ccc(/C=C/C(=O)Nc2ccc(C(C)C)cc2)cc1. The van der Waals surface area contributed by atoms with E-state index >= 15 is 0 Å². The Morgan fingerprint density at radius 3 is 2.19 bits per heavy atom. The van der Waals surface area contributed by atoms with Crippen LogP contribution in [0.3, 0.4) is 0 Å². The maximum atomic E-state index is 12.0. The Morgan fingerprint density at radius 1 is 1.04 bits per heavy atom. The monoisotopic (exact) mass is 372 g/mol. The van der Waals surface area contributed by atoms with Crippen molar-refractivity contribution in [2.24, 2.45) is 0 Å². The first kappa shape index (κ1) is 19.9. The first-order chi connectivity index (χ1) is 12.3. The number of benzene rings is 2. The summed E-state index contributed by atoms with van der Waals surface area (Å²) in [5.41, 5.74) is 2.69. The maximum absolute atomic E-state index is 12.0. The van der Waals surface area contributed by atoms with Crippen LogP contribution in [0.15, 0.2) is 59.5 Å². The number of hydrogen-bond acceptors (Lipinski definition) is 3. The molecule has 0 spiro atoms. The molecule has 2 N–H and O–H groups in total. The molecule has 0 aliphatic heterocycles. The summed E-state index contributed by atoms with van der Waals surface area (Å²) in [6, 6.07) is 14.1. The van der Waals surface area contributed by atoms with Gasteiger partial charge in [0, 0.05) is 18.3 Å². The third-order valence-corrected chi connectivity index (χ3v) is 5.36. The summed E-state index contributed by atoms with van der Waals surface area (Å²) in [5.74, 6) is 0.200. The van der Waals surface area contributed by atoms with E-state index in [1.807, 2.05) is 24.3 Å². The number of carbonyl (C=O) groups is 1. The minimum atomic E-state index is -3.46. The van der Waals surface area contributed by atoms with Crippen LogP contribution in [-0.2, 0) is 14.8 Å². The second-order valence-corrected chi connectivity index (χ2v) is 7.94.